The van der Waals surface area contributed by atoms with Crippen LogP contribution in [0.2, 0.25) is 0 Å². The lowest BCUT2D eigenvalue weighted by Gasteiger charge is -2.23. The van der Waals surface area contributed by atoms with Gasteiger partial charge < -0.3 is 20.9 Å². The molecular weight excluding hydrogens is 477 g/mol. The molecule has 0 spiro atoms. The molecule has 29 heavy (non-hydrogen) atoms. The van der Waals surface area contributed by atoms with E-state index in [1.807, 2.05) is 36.9 Å². The smallest absolute Gasteiger partial charge is 0.225 e. The number of nitrogens with one attached hydrogen (secondary N) is 3. The highest BCUT2D eigenvalue weighted by Crippen LogP contribution is 2.14. The average Bonchev–Trinajstić information content (AvgIpc) is 3.13. The van der Waals surface area contributed by atoms with Crippen molar-refractivity contribution < 1.29 is 4.79 Å². The van der Waals surface area contributed by atoms with Crippen molar-refractivity contribution in [3.8, 4) is 0 Å². The van der Waals surface area contributed by atoms with Gasteiger partial charge in [-0.15, -0.1) is 24.0 Å². The standard InChI is InChI=1S/C22H37N5O.HI/c1-6-23-22(26-19-12-13-27(15-19)21(28)17(4)5)24-14-20(16(2)3)25-18-10-8-7-9-11-18;/h7-11,16-17,19-20,25H,6,12-15H2,1-5H3,(H2,23,24,26);1H. The van der Waals surface area contributed by atoms with Gasteiger partial charge >= 0.3 is 0 Å². The molecular formula is C22H38IN5O. The Kier molecular flexibility index (Phi) is 11.4. The van der Waals surface area contributed by atoms with Crippen molar-refractivity contribution >= 4 is 41.5 Å². The largest absolute Gasteiger partial charge is 0.380 e. The van der Waals surface area contributed by atoms with Crippen LogP contribution < -0.4 is 16.0 Å². The van der Waals surface area contributed by atoms with Crippen LogP contribution in [-0.4, -0.2) is 55.0 Å². The number of halogens is 1. The SMILES string of the molecule is CCNC(=NCC(Nc1ccccc1)C(C)C)NC1CCN(C(=O)C(C)C)C1.I. The number of amides is 1. The van der Waals surface area contributed by atoms with Crippen LogP contribution in [-0.2, 0) is 4.79 Å². The molecule has 1 heterocycles. The van der Waals surface area contributed by atoms with Gasteiger partial charge in [-0.2, -0.15) is 0 Å². The van der Waals surface area contributed by atoms with E-state index < -0.39 is 0 Å². The number of hydrogen-bond acceptors (Lipinski definition) is 3. The van der Waals surface area contributed by atoms with Crippen molar-refractivity contribution in [2.45, 2.75) is 53.1 Å². The van der Waals surface area contributed by atoms with Crippen LogP contribution in [0.25, 0.3) is 0 Å². The molecule has 2 unspecified atom stereocenters. The molecule has 1 aromatic carbocycles. The Balaban J connectivity index is 0.00000420. The number of nitrogens with zero attached hydrogens (tertiary/aromatic N) is 2. The summed E-state index contributed by atoms with van der Waals surface area (Å²) in [7, 11) is 0. The van der Waals surface area contributed by atoms with Crippen LogP contribution in [0.5, 0.6) is 0 Å². The van der Waals surface area contributed by atoms with E-state index in [4.69, 9.17) is 4.99 Å². The number of likely N-dealkylation sites (tertiary alicyclic amines) is 1. The molecule has 7 heteroatoms. The predicted molar refractivity (Wildman–Crippen MR) is 133 cm³/mol. The van der Waals surface area contributed by atoms with Crippen molar-refractivity contribution in [3.05, 3.63) is 30.3 Å². The van der Waals surface area contributed by atoms with E-state index in [1.54, 1.807) is 0 Å². The van der Waals surface area contributed by atoms with Crippen molar-refractivity contribution in [2.24, 2.45) is 16.8 Å². The van der Waals surface area contributed by atoms with Crippen LogP contribution in [0.4, 0.5) is 5.69 Å². The average molecular weight is 515 g/mol. The Morgan fingerprint density at radius 3 is 2.48 bits per heavy atom. The maximum absolute atomic E-state index is 12.2. The fourth-order valence-electron chi connectivity index (χ4n) is 3.32. The summed E-state index contributed by atoms with van der Waals surface area (Å²) in [6, 6.07) is 10.8. The minimum absolute atomic E-state index is 0. The number of aliphatic imine (C=N–C) groups is 1. The first kappa shape index (κ1) is 25.5. The van der Waals surface area contributed by atoms with Gasteiger partial charge in [-0.05, 0) is 31.4 Å². The van der Waals surface area contributed by atoms with Gasteiger partial charge in [0.15, 0.2) is 5.96 Å². The molecule has 3 N–H and O–H groups in total. The molecule has 1 aliphatic rings. The molecule has 0 saturated carbocycles. The quantitative estimate of drug-likeness (QED) is 0.282. The van der Waals surface area contributed by atoms with E-state index in [1.165, 1.54) is 0 Å². The highest BCUT2D eigenvalue weighted by Gasteiger charge is 2.28. The molecule has 0 radical (unpaired) electrons. The number of carbonyl (C=O) groups is 1. The number of para-hydroxylation sites is 1. The van der Waals surface area contributed by atoms with Crippen LogP contribution >= 0.6 is 24.0 Å². The van der Waals surface area contributed by atoms with Gasteiger partial charge in [-0.25, -0.2) is 0 Å². The number of anilines is 1. The van der Waals surface area contributed by atoms with Gasteiger partial charge in [-0.1, -0.05) is 45.9 Å². The molecule has 164 valence electrons. The number of guanidine groups is 1. The summed E-state index contributed by atoms with van der Waals surface area (Å²) >= 11 is 0. The second-order valence-corrected chi connectivity index (χ2v) is 8.15. The maximum Gasteiger partial charge on any atom is 0.225 e. The summed E-state index contributed by atoms with van der Waals surface area (Å²) in [4.78, 5) is 19.0. The van der Waals surface area contributed by atoms with E-state index in [0.29, 0.717) is 12.5 Å². The van der Waals surface area contributed by atoms with Crippen LogP contribution in [0.15, 0.2) is 35.3 Å². The highest BCUT2D eigenvalue weighted by atomic mass is 127. The first-order chi connectivity index (χ1) is 13.4. The van der Waals surface area contributed by atoms with Gasteiger partial charge in [0.05, 0.1) is 6.54 Å². The molecule has 2 rings (SSSR count). The Hall–Kier alpha value is -1.51. The van der Waals surface area contributed by atoms with Crippen molar-refractivity contribution in [1.29, 1.82) is 0 Å². The van der Waals surface area contributed by atoms with Crippen molar-refractivity contribution in [2.75, 3.05) is 31.5 Å². The zero-order valence-electron chi connectivity index (χ0n) is 18.4. The van der Waals surface area contributed by atoms with Gasteiger partial charge in [0.25, 0.3) is 0 Å². The Labute approximate surface area is 193 Å². The monoisotopic (exact) mass is 515 g/mol. The van der Waals surface area contributed by atoms with Crippen LogP contribution in [0.3, 0.4) is 0 Å². The lowest BCUT2D eigenvalue weighted by atomic mass is 10.0. The number of rotatable bonds is 8. The molecule has 1 aliphatic heterocycles. The molecule has 1 saturated heterocycles. The van der Waals surface area contributed by atoms with Gasteiger partial charge in [-0.3, -0.25) is 9.79 Å². The summed E-state index contributed by atoms with van der Waals surface area (Å²) in [5.74, 6) is 1.57. The molecule has 1 fully saturated rings. The third-order valence-electron chi connectivity index (χ3n) is 5.06. The van der Waals surface area contributed by atoms with E-state index in [-0.39, 0.29) is 47.9 Å². The summed E-state index contributed by atoms with van der Waals surface area (Å²) in [5, 5.41) is 10.4. The van der Waals surface area contributed by atoms with Crippen molar-refractivity contribution in [3.63, 3.8) is 0 Å². The molecule has 2 atom stereocenters. The number of hydrogen-bond donors (Lipinski definition) is 3. The first-order valence-electron chi connectivity index (χ1n) is 10.6. The molecule has 6 nitrogen and oxygen atoms in total. The maximum atomic E-state index is 12.2. The number of benzene rings is 1. The highest BCUT2D eigenvalue weighted by molar-refractivity contribution is 14.0. The Morgan fingerprint density at radius 1 is 1.21 bits per heavy atom. The molecule has 1 aromatic rings. The fraction of sp³-hybridized carbons (Fsp3) is 0.636. The third kappa shape index (κ3) is 8.40. The molecule has 0 bridgehead atoms. The third-order valence-corrected chi connectivity index (χ3v) is 5.06. The van der Waals surface area contributed by atoms with Gasteiger partial charge in [0.1, 0.15) is 0 Å². The predicted octanol–water partition coefficient (Wildman–Crippen LogP) is 3.55. The minimum atomic E-state index is 0. The van der Waals surface area contributed by atoms with Gasteiger partial charge in [0, 0.05) is 43.3 Å². The van der Waals surface area contributed by atoms with E-state index in [9.17, 15) is 4.79 Å². The lowest BCUT2D eigenvalue weighted by molar-refractivity contribution is -0.133. The minimum Gasteiger partial charge on any atom is -0.380 e. The second kappa shape index (κ2) is 12.9. The van der Waals surface area contributed by atoms with E-state index in [0.717, 1.165) is 37.7 Å². The Morgan fingerprint density at radius 2 is 1.90 bits per heavy atom. The topological polar surface area (TPSA) is 68.8 Å². The number of carbonyl (C=O) groups excluding carboxylic acids is 1. The summed E-state index contributed by atoms with van der Waals surface area (Å²) in [6.45, 7) is 13.5. The molecule has 0 aromatic heterocycles. The summed E-state index contributed by atoms with van der Waals surface area (Å²) in [5.41, 5.74) is 1.12. The Bertz CT molecular complexity index is 635. The zero-order valence-corrected chi connectivity index (χ0v) is 20.8. The van der Waals surface area contributed by atoms with Gasteiger partial charge in [0.2, 0.25) is 5.91 Å². The summed E-state index contributed by atoms with van der Waals surface area (Å²) < 4.78 is 0. The van der Waals surface area contributed by atoms with E-state index in [2.05, 4.69) is 48.9 Å². The first-order valence-corrected chi connectivity index (χ1v) is 10.6. The van der Waals surface area contributed by atoms with Crippen LogP contribution in [0, 0.1) is 11.8 Å². The summed E-state index contributed by atoms with van der Waals surface area (Å²) in [6.07, 6.45) is 0.957. The zero-order chi connectivity index (χ0) is 20.5. The normalized spacial score (nSPS) is 17.8. The molecule has 1 amide bonds. The second-order valence-electron chi connectivity index (χ2n) is 8.15. The lowest BCUT2D eigenvalue weighted by Crippen LogP contribution is -2.46. The van der Waals surface area contributed by atoms with E-state index >= 15 is 0 Å². The van der Waals surface area contributed by atoms with Crippen molar-refractivity contribution in [1.82, 2.24) is 15.5 Å². The fourth-order valence-corrected chi connectivity index (χ4v) is 3.32. The molecule has 0 aliphatic carbocycles. The van der Waals surface area contributed by atoms with Crippen LogP contribution in [0.1, 0.15) is 41.0 Å².